The summed E-state index contributed by atoms with van der Waals surface area (Å²) in [6.07, 6.45) is -0.998. The minimum atomic E-state index is -3.93. The van der Waals surface area contributed by atoms with Gasteiger partial charge in [0, 0.05) is 6.54 Å². The second-order valence-electron chi connectivity index (χ2n) is 10.2. The van der Waals surface area contributed by atoms with Crippen LogP contribution in [0.2, 0.25) is 0 Å². The molecule has 0 radical (unpaired) electrons. The van der Waals surface area contributed by atoms with Crippen molar-refractivity contribution in [1.29, 1.82) is 0 Å². The molecule has 0 spiro atoms. The van der Waals surface area contributed by atoms with Crippen LogP contribution in [0.4, 0.5) is 5.69 Å². The Kier molecular flexibility index (Phi) is 7.90. The van der Waals surface area contributed by atoms with Crippen LogP contribution in [0.3, 0.4) is 0 Å². The summed E-state index contributed by atoms with van der Waals surface area (Å²) >= 11 is 0. The second kappa shape index (κ2) is 10.9. The van der Waals surface area contributed by atoms with E-state index in [0.29, 0.717) is 24.7 Å². The van der Waals surface area contributed by atoms with E-state index in [4.69, 9.17) is 9.47 Å². The lowest BCUT2D eigenvalue weighted by atomic mass is 9.86. The number of hydrogen-bond donors (Lipinski definition) is 1. The number of nitrogens with one attached hydrogen (secondary N) is 1. The van der Waals surface area contributed by atoms with Gasteiger partial charge in [0.05, 0.1) is 30.3 Å². The van der Waals surface area contributed by atoms with Crippen LogP contribution < -0.4 is 14.4 Å². The summed E-state index contributed by atoms with van der Waals surface area (Å²) in [6.45, 7) is 9.01. The lowest BCUT2D eigenvalue weighted by Crippen LogP contribution is -2.51. The van der Waals surface area contributed by atoms with Gasteiger partial charge in [0.1, 0.15) is 5.75 Å². The summed E-state index contributed by atoms with van der Waals surface area (Å²) in [6, 6.07) is 22.0. The standard InChI is InChI=1S/C29H34N2O5S/c1-21-10-13-24(14-11-21)37(33,34)31-19-27(36-26-15-12-23(18-25(26)31)29(2,3)4)28(32)30-16-17-35-20-22-8-6-5-7-9-22/h5-15,18,27H,16-17,19-20H2,1-4H3,(H,30,32)/t27-/m1/s1. The van der Waals surface area contributed by atoms with Crippen molar-refractivity contribution in [3.63, 3.8) is 0 Å². The number of ether oxygens (including phenoxy) is 2. The lowest BCUT2D eigenvalue weighted by Gasteiger charge is -2.36. The minimum absolute atomic E-state index is 0.131. The molecular weight excluding hydrogens is 488 g/mol. The number of aryl methyl sites for hydroxylation is 1. The Hall–Kier alpha value is -3.36. The molecular formula is C29H34N2O5S. The normalized spacial score (nSPS) is 15.6. The molecule has 1 aliphatic heterocycles. The first kappa shape index (κ1) is 26.7. The Labute approximate surface area is 219 Å². The van der Waals surface area contributed by atoms with E-state index in [9.17, 15) is 13.2 Å². The summed E-state index contributed by atoms with van der Waals surface area (Å²) in [5.74, 6) is -0.0339. The number of anilines is 1. The van der Waals surface area contributed by atoms with Crippen LogP contribution in [0.15, 0.2) is 77.7 Å². The third-order valence-corrected chi connectivity index (χ3v) is 8.05. The van der Waals surface area contributed by atoms with Crippen molar-refractivity contribution in [2.75, 3.05) is 24.0 Å². The molecule has 0 saturated carbocycles. The molecule has 1 amide bonds. The number of amides is 1. The van der Waals surface area contributed by atoms with E-state index >= 15 is 0 Å². The maximum atomic E-state index is 13.7. The Balaban J connectivity index is 1.52. The first-order valence-corrected chi connectivity index (χ1v) is 13.8. The maximum Gasteiger partial charge on any atom is 0.264 e. The van der Waals surface area contributed by atoms with Crippen molar-refractivity contribution in [2.45, 2.75) is 50.7 Å². The fraction of sp³-hybridized carbons (Fsp3) is 0.345. The third-order valence-electron chi connectivity index (χ3n) is 6.25. The molecule has 1 heterocycles. The largest absolute Gasteiger partial charge is 0.476 e. The van der Waals surface area contributed by atoms with Gasteiger partial charge in [-0.2, -0.15) is 0 Å². The second-order valence-corrected chi connectivity index (χ2v) is 12.1. The van der Waals surface area contributed by atoms with E-state index in [1.54, 1.807) is 30.3 Å². The first-order chi connectivity index (χ1) is 17.6. The Bertz CT molecular complexity index is 1330. The van der Waals surface area contributed by atoms with E-state index in [0.717, 1.165) is 16.7 Å². The molecule has 3 aromatic carbocycles. The van der Waals surface area contributed by atoms with Crippen molar-refractivity contribution in [2.24, 2.45) is 0 Å². The summed E-state index contributed by atoms with van der Waals surface area (Å²) < 4.78 is 40.4. The fourth-order valence-electron chi connectivity index (χ4n) is 4.04. The average Bonchev–Trinajstić information content (AvgIpc) is 2.87. The number of carbonyl (C=O) groups is 1. The van der Waals surface area contributed by atoms with Gasteiger partial charge < -0.3 is 14.8 Å². The predicted octanol–water partition coefficient (Wildman–Crippen LogP) is 4.58. The zero-order valence-electron chi connectivity index (χ0n) is 21.7. The SMILES string of the molecule is Cc1ccc(S(=O)(=O)N2C[C@H](C(=O)NCCOCc3ccccc3)Oc3ccc(C(C)(C)C)cc32)cc1. The van der Waals surface area contributed by atoms with Crippen LogP contribution in [-0.4, -0.2) is 40.1 Å². The van der Waals surface area contributed by atoms with Crippen molar-refractivity contribution >= 4 is 21.6 Å². The lowest BCUT2D eigenvalue weighted by molar-refractivity contribution is -0.128. The molecule has 0 bridgehead atoms. The van der Waals surface area contributed by atoms with Gasteiger partial charge in [-0.3, -0.25) is 9.10 Å². The molecule has 0 unspecified atom stereocenters. The molecule has 0 fully saturated rings. The monoisotopic (exact) mass is 522 g/mol. The van der Waals surface area contributed by atoms with Gasteiger partial charge in [-0.1, -0.05) is 74.9 Å². The quantitative estimate of drug-likeness (QED) is 0.438. The molecule has 196 valence electrons. The molecule has 1 aliphatic rings. The molecule has 37 heavy (non-hydrogen) atoms. The number of fused-ring (bicyclic) bond motifs is 1. The van der Waals surface area contributed by atoms with Gasteiger partial charge in [0.15, 0.2) is 6.10 Å². The van der Waals surface area contributed by atoms with Crippen molar-refractivity contribution in [1.82, 2.24) is 5.32 Å². The molecule has 1 N–H and O–H groups in total. The molecule has 0 aliphatic carbocycles. The number of carbonyl (C=O) groups excluding carboxylic acids is 1. The van der Waals surface area contributed by atoms with E-state index < -0.39 is 22.0 Å². The van der Waals surface area contributed by atoms with Gasteiger partial charge >= 0.3 is 0 Å². The summed E-state index contributed by atoms with van der Waals surface area (Å²) in [5, 5.41) is 2.81. The van der Waals surface area contributed by atoms with Gasteiger partial charge in [-0.15, -0.1) is 0 Å². The van der Waals surface area contributed by atoms with Crippen LogP contribution >= 0.6 is 0 Å². The van der Waals surface area contributed by atoms with Gasteiger partial charge in [0.2, 0.25) is 0 Å². The zero-order chi connectivity index (χ0) is 26.6. The van der Waals surface area contributed by atoms with Crippen molar-refractivity contribution in [3.05, 3.63) is 89.5 Å². The maximum absolute atomic E-state index is 13.7. The zero-order valence-corrected chi connectivity index (χ0v) is 22.5. The molecule has 4 rings (SSSR count). The summed E-state index contributed by atoms with van der Waals surface area (Å²) in [4.78, 5) is 13.2. The Morgan fingerprint density at radius 2 is 1.76 bits per heavy atom. The minimum Gasteiger partial charge on any atom is -0.476 e. The first-order valence-electron chi connectivity index (χ1n) is 12.4. The van der Waals surface area contributed by atoms with E-state index in [1.807, 2.05) is 49.4 Å². The van der Waals surface area contributed by atoms with Gasteiger partial charge in [-0.05, 0) is 47.7 Å². The van der Waals surface area contributed by atoms with Gasteiger partial charge in [-0.25, -0.2) is 8.42 Å². The van der Waals surface area contributed by atoms with E-state index in [-0.39, 0.29) is 23.4 Å². The van der Waals surface area contributed by atoms with Crippen LogP contribution in [0.5, 0.6) is 5.75 Å². The number of sulfonamides is 1. The molecule has 3 aromatic rings. The third kappa shape index (κ3) is 6.32. The molecule has 0 saturated heterocycles. The van der Waals surface area contributed by atoms with Crippen LogP contribution in [0.1, 0.15) is 37.5 Å². The summed E-state index contributed by atoms with van der Waals surface area (Å²) in [5.41, 5.74) is 3.22. The highest BCUT2D eigenvalue weighted by Gasteiger charge is 2.38. The summed E-state index contributed by atoms with van der Waals surface area (Å²) in [7, 11) is -3.93. The number of hydrogen-bond acceptors (Lipinski definition) is 5. The van der Waals surface area contributed by atoms with E-state index in [1.165, 1.54) is 4.31 Å². The fourth-order valence-corrected chi connectivity index (χ4v) is 5.51. The van der Waals surface area contributed by atoms with Crippen molar-refractivity contribution < 1.29 is 22.7 Å². The highest BCUT2D eigenvalue weighted by Crippen LogP contribution is 2.40. The molecule has 1 atom stereocenters. The number of nitrogens with zero attached hydrogens (tertiary/aromatic N) is 1. The Morgan fingerprint density at radius 1 is 1.05 bits per heavy atom. The van der Waals surface area contributed by atoms with Crippen LogP contribution in [0, 0.1) is 6.92 Å². The van der Waals surface area contributed by atoms with Crippen LogP contribution in [0.25, 0.3) is 0 Å². The predicted molar refractivity (Wildman–Crippen MR) is 144 cm³/mol. The topological polar surface area (TPSA) is 84.9 Å². The molecule has 0 aromatic heterocycles. The van der Waals surface area contributed by atoms with Gasteiger partial charge in [0.25, 0.3) is 15.9 Å². The molecule has 8 heteroatoms. The van der Waals surface area contributed by atoms with Crippen LogP contribution in [-0.2, 0) is 31.6 Å². The highest BCUT2D eigenvalue weighted by molar-refractivity contribution is 7.92. The average molecular weight is 523 g/mol. The number of rotatable bonds is 8. The number of benzene rings is 3. The molecule has 7 nitrogen and oxygen atoms in total. The van der Waals surface area contributed by atoms with E-state index in [2.05, 4.69) is 26.1 Å². The highest BCUT2D eigenvalue weighted by atomic mass is 32.2. The Morgan fingerprint density at radius 3 is 2.43 bits per heavy atom. The van der Waals surface area contributed by atoms with Crippen molar-refractivity contribution in [3.8, 4) is 5.75 Å². The smallest absolute Gasteiger partial charge is 0.264 e.